The van der Waals surface area contributed by atoms with Crippen molar-refractivity contribution >= 4 is 39.1 Å². The molecule has 0 atom stereocenters. The van der Waals surface area contributed by atoms with Gasteiger partial charge in [0.15, 0.2) is 0 Å². The van der Waals surface area contributed by atoms with Crippen LogP contribution in [0, 0.1) is 5.82 Å². The molecule has 20 heavy (non-hydrogen) atoms. The quantitative estimate of drug-likeness (QED) is 0.793. The fraction of sp³-hybridized carbons (Fsp3) is 0.133. The summed E-state index contributed by atoms with van der Waals surface area (Å²) in [5.41, 5.74) is 1.94. The normalized spacial score (nSPS) is 10.3. The van der Waals surface area contributed by atoms with Gasteiger partial charge < -0.3 is 5.32 Å². The van der Waals surface area contributed by atoms with Crippen molar-refractivity contribution in [3.8, 4) is 0 Å². The van der Waals surface area contributed by atoms with Crippen LogP contribution in [0.1, 0.15) is 15.9 Å². The maximum Gasteiger partial charge on any atom is 0.257 e. The molecule has 0 aromatic heterocycles. The molecule has 0 bridgehead atoms. The Hall–Kier alpha value is -1.39. The highest BCUT2D eigenvalue weighted by Crippen LogP contribution is 2.21. The Morgan fingerprint density at radius 3 is 2.55 bits per heavy atom. The summed E-state index contributed by atoms with van der Waals surface area (Å²) in [5, 5.41) is 3.41. The number of nitrogens with one attached hydrogen (secondary N) is 1. The molecule has 0 saturated heterocycles. The zero-order valence-electron chi connectivity index (χ0n) is 10.5. The minimum Gasteiger partial charge on any atom is -0.322 e. The van der Waals surface area contributed by atoms with Gasteiger partial charge in [0, 0.05) is 11.0 Å². The van der Waals surface area contributed by atoms with Gasteiger partial charge in [0.05, 0.1) is 10.6 Å². The summed E-state index contributed by atoms with van der Waals surface area (Å²) in [6.45, 7) is 0. The van der Waals surface area contributed by atoms with E-state index in [4.69, 9.17) is 11.6 Å². The van der Waals surface area contributed by atoms with Gasteiger partial charge in [-0.05, 0) is 36.2 Å². The van der Waals surface area contributed by atoms with Crippen molar-refractivity contribution in [1.82, 2.24) is 0 Å². The topological polar surface area (TPSA) is 29.1 Å². The first-order chi connectivity index (χ1) is 9.61. The molecular weight excluding hydrogens is 345 g/mol. The molecule has 104 valence electrons. The zero-order chi connectivity index (χ0) is 14.5. The van der Waals surface area contributed by atoms with Crippen LogP contribution < -0.4 is 5.32 Å². The lowest BCUT2D eigenvalue weighted by Crippen LogP contribution is -2.12. The van der Waals surface area contributed by atoms with Gasteiger partial charge in [-0.25, -0.2) is 4.39 Å². The molecule has 0 heterocycles. The number of anilines is 1. The number of amides is 1. The summed E-state index contributed by atoms with van der Waals surface area (Å²) in [5.74, 6) is -1.03. The Morgan fingerprint density at radius 1 is 1.20 bits per heavy atom. The third-order valence-corrected chi connectivity index (χ3v) is 3.57. The van der Waals surface area contributed by atoms with Gasteiger partial charge >= 0.3 is 0 Å². The van der Waals surface area contributed by atoms with Crippen LogP contribution in [0.25, 0.3) is 0 Å². The lowest BCUT2D eigenvalue weighted by atomic mass is 10.1. The molecule has 0 aliphatic carbocycles. The van der Waals surface area contributed by atoms with Gasteiger partial charge in [0.2, 0.25) is 0 Å². The molecular formula is C15H12BrClFNO. The second kappa shape index (κ2) is 6.86. The molecule has 1 amide bonds. The van der Waals surface area contributed by atoms with E-state index in [0.717, 1.165) is 11.8 Å². The van der Waals surface area contributed by atoms with Crippen molar-refractivity contribution < 1.29 is 9.18 Å². The van der Waals surface area contributed by atoms with Crippen LogP contribution in [0.2, 0.25) is 5.02 Å². The lowest BCUT2D eigenvalue weighted by molar-refractivity contribution is 0.102. The van der Waals surface area contributed by atoms with Gasteiger partial charge in [-0.1, -0.05) is 45.7 Å². The third kappa shape index (κ3) is 3.58. The standard InChI is InChI=1S/C15H12BrClFNO/c16-9-8-10-4-6-11(7-5-10)19-15(20)12-2-1-3-13(18)14(12)17/h1-7H,8-9H2,(H,19,20). The van der Waals surface area contributed by atoms with Crippen molar-refractivity contribution in [3.05, 3.63) is 64.4 Å². The first kappa shape index (κ1) is 15.0. The average Bonchev–Trinajstić information content (AvgIpc) is 2.44. The Kier molecular flexibility index (Phi) is 5.15. The summed E-state index contributed by atoms with van der Waals surface area (Å²) in [4.78, 5) is 12.0. The van der Waals surface area contributed by atoms with Crippen molar-refractivity contribution in [1.29, 1.82) is 0 Å². The number of aryl methyl sites for hydroxylation is 1. The Bertz CT molecular complexity index is 616. The number of halogens is 3. The molecule has 0 unspecified atom stereocenters. The lowest BCUT2D eigenvalue weighted by Gasteiger charge is -2.08. The van der Waals surface area contributed by atoms with E-state index in [0.29, 0.717) is 5.69 Å². The minimum atomic E-state index is -0.605. The van der Waals surface area contributed by atoms with E-state index in [2.05, 4.69) is 21.2 Å². The second-order valence-corrected chi connectivity index (χ2v) is 5.36. The monoisotopic (exact) mass is 355 g/mol. The van der Waals surface area contributed by atoms with Crippen molar-refractivity contribution in [2.45, 2.75) is 6.42 Å². The smallest absolute Gasteiger partial charge is 0.257 e. The molecule has 0 saturated carbocycles. The third-order valence-electron chi connectivity index (χ3n) is 2.79. The van der Waals surface area contributed by atoms with Gasteiger partial charge in [-0.3, -0.25) is 4.79 Å². The van der Waals surface area contributed by atoms with Crippen molar-refractivity contribution in [2.75, 3.05) is 10.6 Å². The van der Waals surface area contributed by atoms with E-state index in [9.17, 15) is 9.18 Å². The number of hydrogen-bond acceptors (Lipinski definition) is 1. The van der Waals surface area contributed by atoms with Crippen LogP contribution in [0.4, 0.5) is 10.1 Å². The Labute approximate surface area is 130 Å². The minimum absolute atomic E-state index is 0.121. The first-order valence-electron chi connectivity index (χ1n) is 6.02. The first-order valence-corrected chi connectivity index (χ1v) is 7.52. The zero-order valence-corrected chi connectivity index (χ0v) is 12.8. The number of rotatable bonds is 4. The average molecular weight is 357 g/mol. The predicted octanol–water partition coefficient (Wildman–Crippen LogP) is 4.67. The van der Waals surface area contributed by atoms with Crippen molar-refractivity contribution in [2.24, 2.45) is 0 Å². The molecule has 2 aromatic carbocycles. The molecule has 0 aliphatic heterocycles. The van der Waals surface area contributed by atoms with Crippen LogP contribution in [-0.2, 0) is 6.42 Å². The molecule has 0 fully saturated rings. The Balaban J connectivity index is 2.13. The molecule has 2 nitrogen and oxygen atoms in total. The second-order valence-electron chi connectivity index (χ2n) is 4.19. The molecule has 1 N–H and O–H groups in total. The molecule has 0 aliphatic rings. The SMILES string of the molecule is O=C(Nc1ccc(CCBr)cc1)c1cccc(F)c1Cl. The largest absolute Gasteiger partial charge is 0.322 e. The molecule has 0 spiro atoms. The number of carbonyl (C=O) groups is 1. The highest BCUT2D eigenvalue weighted by Gasteiger charge is 2.13. The van der Waals surface area contributed by atoms with Crippen LogP contribution in [0.15, 0.2) is 42.5 Å². The van der Waals surface area contributed by atoms with E-state index < -0.39 is 11.7 Å². The van der Waals surface area contributed by atoms with Crippen molar-refractivity contribution in [3.63, 3.8) is 0 Å². The van der Waals surface area contributed by atoms with E-state index in [-0.39, 0.29) is 10.6 Å². The number of carbonyl (C=O) groups excluding carboxylic acids is 1. The summed E-state index contributed by atoms with van der Waals surface area (Å²) >= 11 is 9.15. The maximum absolute atomic E-state index is 13.3. The van der Waals surface area contributed by atoms with E-state index in [1.54, 1.807) is 0 Å². The van der Waals surface area contributed by atoms with E-state index in [1.165, 1.54) is 23.8 Å². The number of alkyl halides is 1. The van der Waals surface area contributed by atoms with E-state index in [1.807, 2.05) is 24.3 Å². The van der Waals surface area contributed by atoms with Crippen LogP contribution in [0.3, 0.4) is 0 Å². The summed E-state index contributed by atoms with van der Waals surface area (Å²) in [6.07, 6.45) is 0.921. The highest BCUT2D eigenvalue weighted by molar-refractivity contribution is 9.09. The van der Waals surface area contributed by atoms with Crippen LogP contribution in [-0.4, -0.2) is 11.2 Å². The van der Waals surface area contributed by atoms with Crippen LogP contribution in [0.5, 0.6) is 0 Å². The van der Waals surface area contributed by atoms with Gasteiger partial charge in [-0.2, -0.15) is 0 Å². The van der Waals surface area contributed by atoms with E-state index >= 15 is 0 Å². The fourth-order valence-electron chi connectivity index (χ4n) is 1.74. The summed E-state index contributed by atoms with van der Waals surface area (Å²) in [6, 6.07) is 11.6. The highest BCUT2D eigenvalue weighted by atomic mass is 79.9. The number of benzene rings is 2. The fourth-order valence-corrected chi connectivity index (χ4v) is 2.41. The molecule has 2 aromatic rings. The predicted molar refractivity (Wildman–Crippen MR) is 83.3 cm³/mol. The van der Waals surface area contributed by atoms with Gasteiger partial charge in [-0.15, -0.1) is 0 Å². The molecule has 5 heteroatoms. The number of hydrogen-bond donors (Lipinski definition) is 1. The maximum atomic E-state index is 13.3. The van der Waals surface area contributed by atoms with Crippen LogP contribution >= 0.6 is 27.5 Å². The molecule has 0 radical (unpaired) electrons. The summed E-state index contributed by atoms with van der Waals surface area (Å²) < 4.78 is 13.3. The summed E-state index contributed by atoms with van der Waals surface area (Å²) in [7, 11) is 0. The molecule has 2 rings (SSSR count). The Morgan fingerprint density at radius 2 is 1.90 bits per heavy atom. The van der Waals surface area contributed by atoms with Gasteiger partial charge in [0.1, 0.15) is 5.82 Å². The van der Waals surface area contributed by atoms with Gasteiger partial charge in [0.25, 0.3) is 5.91 Å².